The highest BCUT2D eigenvalue weighted by Crippen LogP contribution is 2.19. The molecule has 0 aliphatic carbocycles. The van der Waals surface area contributed by atoms with Crippen molar-refractivity contribution >= 4 is 11.9 Å². The molecule has 1 atom stereocenters. The van der Waals surface area contributed by atoms with E-state index in [9.17, 15) is 9.59 Å². The van der Waals surface area contributed by atoms with E-state index >= 15 is 0 Å². The summed E-state index contributed by atoms with van der Waals surface area (Å²) in [7, 11) is 0. The van der Waals surface area contributed by atoms with Crippen LogP contribution in [0.5, 0.6) is 0 Å². The van der Waals surface area contributed by atoms with Crippen LogP contribution >= 0.6 is 0 Å². The monoisotopic (exact) mass is 747 g/mol. The zero-order chi connectivity index (χ0) is 38.6. The van der Waals surface area contributed by atoms with Gasteiger partial charge in [0.1, 0.15) is 0 Å². The Kier molecular flexibility index (Phi) is 43.9. The van der Waals surface area contributed by atoms with E-state index in [-0.39, 0.29) is 18.4 Å². The first-order valence-corrected chi connectivity index (χ1v) is 24.1. The van der Waals surface area contributed by atoms with E-state index in [1.165, 1.54) is 193 Å². The largest absolute Gasteiger partial charge is 0.466 e. The molecular weight excluding hydrogens is 653 g/mol. The van der Waals surface area contributed by atoms with E-state index in [0.29, 0.717) is 19.6 Å². The Hall–Kier alpha value is -1.32. The highest BCUT2D eigenvalue weighted by Gasteiger charge is 2.23. The molecule has 4 nitrogen and oxygen atoms in total. The molecular formula is C49H94O4. The quantitative estimate of drug-likeness (QED) is 0.0354. The number of carbonyl (C=O) groups is 2. The van der Waals surface area contributed by atoms with E-state index in [1.807, 2.05) is 0 Å². The van der Waals surface area contributed by atoms with E-state index < -0.39 is 5.92 Å². The van der Waals surface area contributed by atoms with Gasteiger partial charge >= 0.3 is 11.9 Å². The second-order valence-corrected chi connectivity index (χ2v) is 16.4. The summed E-state index contributed by atoms with van der Waals surface area (Å²) in [6.07, 6.45) is 53.1. The third-order valence-corrected chi connectivity index (χ3v) is 11.1. The molecule has 0 aliphatic rings. The summed E-state index contributed by atoms with van der Waals surface area (Å²) in [4.78, 5) is 25.8. The number of allylic oxidation sites excluding steroid dienone is 2. The van der Waals surface area contributed by atoms with Gasteiger partial charge in [-0.2, -0.15) is 0 Å². The summed E-state index contributed by atoms with van der Waals surface area (Å²) in [6.45, 7) is 7.76. The van der Waals surface area contributed by atoms with Crippen molar-refractivity contribution in [3.05, 3.63) is 12.2 Å². The molecule has 0 rings (SSSR count). The summed E-state index contributed by atoms with van der Waals surface area (Å²) in [5.41, 5.74) is 0. The zero-order valence-corrected chi connectivity index (χ0v) is 36.4. The van der Waals surface area contributed by atoms with Crippen LogP contribution in [-0.4, -0.2) is 25.2 Å². The fourth-order valence-corrected chi connectivity index (χ4v) is 7.39. The van der Waals surface area contributed by atoms with Gasteiger partial charge < -0.3 is 9.47 Å². The summed E-state index contributed by atoms with van der Waals surface area (Å²) >= 11 is 0. The van der Waals surface area contributed by atoms with Gasteiger partial charge in [0.2, 0.25) is 0 Å². The summed E-state index contributed by atoms with van der Waals surface area (Å²) in [5.74, 6) is -0.837. The fraction of sp³-hybridized carbons (Fsp3) is 0.918. The molecule has 0 aromatic rings. The van der Waals surface area contributed by atoms with Crippen LogP contribution < -0.4 is 0 Å². The normalized spacial score (nSPS) is 12.1. The first kappa shape index (κ1) is 51.7. The number of hydrogen-bond donors (Lipinski definition) is 0. The molecule has 0 N–H and O–H groups in total. The lowest BCUT2D eigenvalue weighted by Crippen LogP contribution is -2.23. The maximum Gasteiger partial charge on any atom is 0.309 e. The SMILES string of the molecule is CCCCCCCCCCCCCCCC/C=C/CCCC(CC(=O)OCCCCCCCCCCCC)C(=O)OCCCCCCCCCCCC. The lowest BCUT2D eigenvalue weighted by atomic mass is 9.98. The van der Waals surface area contributed by atoms with Crippen LogP contribution in [0.15, 0.2) is 12.2 Å². The Morgan fingerprint density at radius 2 is 0.679 bits per heavy atom. The van der Waals surface area contributed by atoms with E-state index in [1.54, 1.807) is 0 Å². The Labute approximate surface area is 332 Å². The van der Waals surface area contributed by atoms with Crippen LogP contribution in [0.1, 0.15) is 271 Å². The molecule has 0 aromatic heterocycles. The highest BCUT2D eigenvalue weighted by atomic mass is 16.5. The Bertz CT molecular complexity index is 762. The Morgan fingerprint density at radius 1 is 0.377 bits per heavy atom. The van der Waals surface area contributed by atoms with Crippen molar-refractivity contribution < 1.29 is 19.1 Å². The molecule has 4 heteroatoms. The number of ether oxygens (including phenoxy) is 2. The third kappa shape index (κ3) is 41.7. The molecule has 314 valence electrons. The van der Waals surface area contributed by atoms with Crippen LogP contribution in [0.3, 0.4) is 0 Å². The number of carbonyl (C=O) groups excluding carboxylic acids is 2. The molecule has 0 aromatic carbocycles. The molecule has 0 aliphatic heterocycles. The fourth-order valence-electron chi connectivity index (χ4n) is 7.39. The van der Waals surface area contributed by atoms with E-state index in [4.69, 9.17) is 9.47 Å². The molecule has 0 heterocycles. The van der Waals surface area contributed by atoms with Gasteiger partial charge in [0.05, 0.1) is 25.6 Å². The number of esters is 2. The first-order valence-electron chi connectivity index (χ1n) is 24.1. The lowest BCUT2D eigenvalue weighted by Gasteiger charge is -2.15. The summed E-state index contributed by atoms with van der Waals surface area (Å²) < 4.78 is 11.3. The first-order chi connectivity index (χ1) is 26.2. The van der Waals surface area contributed by atoms with E-state index in [2.05, 4.69) is 32.9 Å². The van der Waals surface area contributed by atoms with Crippen LogP contribution in [0.4, 0.5) is 0 Å². The van der Waals surface area contributed by atoms with Gasteiger partial charge in [0.25, 0.3) is 0 Å². The molecule has 0 saturated heterocycles. The van der Waals surface area contributed by atoms with E-state index in [0.717, 1.165) is 44.9 Å². The second-order valence-electron chi connectivity index (χ2n) is 16.4. The minimum absolute atomic E-state index is 0.150. The van der Waals surface area contributed by atoms with Crippen molar-refractivity contribution in [2.75, 3.05) is 13.2 Å². The molecule has 1 unspecified atom stereocenters. The predicted molar refractivity (Wildman–Crippen MR) is 232 cm³/mol. The van der Waals surface area contributed by atoms with Gasteiger partial charge in [-0.1, -0.05) is 232 Å². The average molecular weight is 747 g/mol. The molecule has 0 saturated carbocycles. The van der Waals surface area contributed by atoms with Gasteiger partial charge in [-0.05, 0) is 44.9 Å². The van der Waals surface area contributed by atoms with Crippen molar-refractivity contribution in [2.45, 2.75) is 271 Å². The number of unbranched alkanes of at least 4 members (excludes halogenated alkanes) is 33. The van der Waals surface area contributed by atoms with Crippen molar-refractivity contribution in [1.29, 1.82) is 0 Å². The second kappa shape index (κ2) is 45.1. The average Bonchev–Trinajstić information content (AvgIpc) is 3.16. The van der Waals surface area contributed by atoms with Crippen molar-refractivity contribution in [3.63, 3.8) is 0 Å². The van der Waals surface area contributed by atoms with Crippen molar-refractivity contribution in [3.8, 4) is 0 Å². The Morgan fingerprint density at radius 3 is 1.06 bits per heavy atom. The maximum absolute atomic E-state index is 13.1. The van der Waals surface area contributed by atoms with Crippen molar-refractivity contribution in [2.24, 2.45) is 5.92 Å². The zero-order valence-electron chi connectivity index (χ0n) is 36.4. The minimum atomic E-state index is -0.391. The van der Waals surface area contributed by atoms with Gasteiger partial charge in [-0.25, -0.2) is 0 Å². The molecule has 0 fully saturated rings. The molecule has 0 radical (unpaired) electrons. The maximum atomic E-state index is 13.1. The smallest absolute Gasteiger partial charge is 0.309 e. The highest BCUT2D eigenvalue weighted by molar-refractivity contribution is 5.79. The van der Waals surface area contributed by atoms with Crippen LogP contribution in [0.25, 0.3) is 0 Å². The lowest BCUT2D eigenvalue weighted by molar-refractivity contribution is -0.155. The van der Waals surface area contributed by atoms with Gasteiger partial charge in [0.15, 0.2) is 0 Å². The molecule has 0 spiro atoms. The van der Waals surface area contributed by atoms with Crippen LogP contribution in [0, 0.1) is 5.92 Å². The van der Waals surface area contributed by atoms with Crippen molar-refractivity contribution in [1.82, 2.24) is 0 Å². The van der Waals surface area contributed by atoms with Crippen LogP contribution in [-0.2, 0) is 19.1 Å². The van der Waals surface area contributed by atoms with Gasteiger partial charge in [0, 0.05) is 0 Å². The summed E-state index contributed by atoms with van der Waals surface area (Å²) in [6, 6.07) is 0. The predicted octanol–water partition coefficient (Wildman–Crippen LogP) is 16.5. The molecule has 0 amide bonds. The van der Waals surface area contributed by atoms with Crippen LogP contribution in [0.2, 0.25) is 0 Å². The Balaban J connectivity index is 4.21. The van der Waals surface area contributed by atoms with Gasteiger partial charge in [-0.15, -0.1) is 0 Å². The third-order valence-electron chi connectivity index (χ3n) is 11.1. The molecule has 53 heavy (non-hydrogen) atoms. The topological polar surface area (TPSA) is 52.6 Å². The molecule has 0 bridgehead atoms. The minimum Gasteiger partial charge on any atom is -0.466 e. The summed E-state index contributed by atoms with van der Waals surface area (Å²) in [5, 5.41) is 0. The number of rotatable bonds is 44. The van der Waals surface area contributed by atoms with Gasteiger partial charge in [-0.3, -0.25) is 9.59 Å². The standard InChI is InChI=1S/C49H94O4/c1-4-7-10-13-16-19-22-23-24-25-26-27-28-29-30-31-34-37-40-43-47(49(51)53-45-42-39-36-33-21-18-15-12-9-6-3)46-48(50)52-44-41-38-35-32-20-17-14-11-8-5-2/h31,34,47H,4-30,32-33,35-46H2,1-3H3/b34-31+. The number of hydrogen-bond acceptors (Lipinski definition) is 4.